The highest BCUT2D eigenvalue weighted by atomic mass is 35.5. The molecule has 32 heavy (non-hydrogen) atoms. The Balaban J connectivity index is 1.65. The van der Waals surface area contributed by atoms with Crippen molar-refractivity contribution in [1.82, 2.24) is 0 Å². The maximum atomic E-state index is 12.6. The van der Waals surface area contributed by atoms with E-state index in [9.17, 15) is 10.1 Å². The summed E-state index contributed by atoms with van der Waals surface area (Å²) in [5, 5.41) is 12.9. The molecule has 3 aromatic carbocycles. The van der Waals surface area contributed by atoms with E-state index in [2.05, 4.69) is 5.32 Å². The number of hydrogen-bond donors (Lipinski definition) is 1. The number of rotatable bonds is 9. The Bertz CT molecular complexity index is 1130. The number of carbonyl (C=O) groups excluding carboxylic acids is 1. The fourth-order valence-corrected chi connectivity index (χ4v) is 3.05. The summed E-state index contributed by atoms with van der Waals surface area (Å²) in [5.74, 6) is 0.776. The molecule has 0 saturated carbocycles. The summed E-state index contributed by atoms with van der Waals surface area (Å²) in [6.45, 7) is 2.91. The first-order valence-electron chi connectivity index (χ1n) is 10.2. The first kappa shape index (κ1) is 22.9. The third-order valence-electron chi connectivity index (χ3n) is 4.51. The van der Waals surface area contributed by atoms with Gasteiger partial charge in [-0.1, -0.05) is 54.9 Å². The number of halogens is 1. The van der Waals surface area contributed by atoms with Gasteiger partial charge in [-0.25, -0.2) is 0 Å². The smallest absolute Gasteiger partial charge is 0.266 e. The van der Waals surface area contributed by atoms with Crippen LogP contribution in [0, 0.1) is 11.3 Å². The van der Waals surface area contributed by atoms with Crippen molar-refractivity contribution < 1.29 is 14.3 Å². The molecule has 0 aliphatic heterocycles. The van der Waals surface area contributed by atoms with Crippen LogP contribution in [0.25, 0.3) is 6.08 Å². The molecule has 0 aliphatic rings. The van der Waals surface area contributed by atoms with Crippen molar-refractivity contribution in [1.29, 1.82) is 5.26 Å². The number of hydrogen-bond acceptors (Lipinski definition) is 4. The first-order chi connectivity index (χ1) is 15.6. The molecule has 162 valence electrons. The topological polar surface area (TPSA) is 71.3 Å². The van der Waals surface area contributed by atoms with Crippen molar-refractivity contribution >= 4 is 29.3 Å². The van der Waals surface area contributed by atoms with Crippen LogP contribution >= 0.6 is 11.6 Å². The van der Waals surface area contributed by atoms with E-state index in [-0.39, 0.29) is 5.57 Å². The maximum Gasteiger partial charge on any atom is 0.266 e. The molecule has 0 spiro atoms. The molecule has 0 aliphatic carbocycles. The van der Waals surface area contributed by atoms with Crippen LogP contribution in [-0.4, -0.2) is 12.5 Å². The number of para-hydroxylation sites is 1. The predicted octanol–water partition coefficient (Wildman–Crippen LogP) is 6.25. The van der Waals surface area contributed by atoms with Crippen LogP contribution in [0.2, 0.25) is 5.02 Å². The highest BCUT2D eigenvalue weighted by molar-refractivity contribution is 6.31. The molecule has 0 aromatic heterocycles. The Hall–Kier alpha value is -3.75. The van der Waals surface area contributed by atoms with Gasteiger partial charge in [-0.05, 0) is 48.9 Å². The Kier molecular flexibility index (Phi) is 8.30. The van der Waals surface area contributed by atoms with E-state index in [1.54, 1.807) is 30.3 Å². The quantitative estimate of drug-likeness (QED) is 0.311. The summed E-state index contributed by atoms with van der Waals surface area (Å²) in [6, 6.07) is 23.7. The highest BCUT2D eigenvalue weighted by Gasteiger charge is 2.11. The summed E-state index contributed by atoms with van der Waals surface area (Å²) >= 11 is 6.14. The van der Waals surface area contributed by atoms with Crippen molar-refractivity contribution in [3.05, 3.63) is 94.5 Å². The Morgan fingerprint density at radius 3 is 2.47 bits per heavy atom. The third-order valence-corrected chi connectivity index (χ3v) is 4.88. The third kappa shape index (κ3) is 6.37. The molecule has 3 rings (SSSR count). The number of benzene rings is 3. The SMILES string of the molecule is CCCOc1ccccc1/C=C(\C#N)C(=O)Nc1ccc(OCc2ccccc2Cl)cc1. The summed E-state index contributed by atoms with van der Waals surface area (Å²) in [5.41, 5.74) is 2.10. The molecule has 6 heteroatoms. The molecule has 5 nitrogen and oxygen atoms in total. The standard InChI is InChI=1S/C26H23ClN2O3/c1-2-15-31-25-10-6-4-7-19(25)16-21(17-28)26(30)29-22-11-13-23(14-12-22)32-18-20-8-3-5-9-24(20)27/h3-14,16H,2,15,18H2,1H3,(H,29,30)/b21-16+. The van der Waals surface area contributed by atoms with Gasteiger partial charge >= 0.3 is 0 Å². The monoisotopic (exact) mass is 446 g/mol. The van der Waals surface area contributed by atoms with Gasteiger partial charge in [0.05, 0.1) is 6.61 Å². The molecule has 3 aromatic rings. The molecule has 1 amide bonds. The van der Waals surface area contributed by atoms with Gasteiger partial charge in [-0.2, -0.15) is 5.26 Å². The van der Waals surface area contributed by atoms with Gasteiger partial charge in [0.1, 0.15) is 29.7 Å². The summed E-state index contributed by atoms with van der Waals surface area (Å²) in [6.07, 6.45) is 2.39. The number of nitrogens with one attached hydrogen (secondary N) is 1. The molecule has 0 bridgehead atoms. The van der Waals surface area contributed by atoms with E-state index in [1.165, 1.54) is 6.08 Å². The zero-order valence-corrected chi connectivity index (χ0v) is 18.4. The number of amides is 1. The van der Waals surface area contributed by atoms with Crippen molar-refractivity contribution in [2.24, 2.45) is 0 Å². The maximum absolute atomic E-state index is 12.6. The van der Waals surface area contributed by atoms with Crippen LogP contribution in [0.1, 0.15) is 24.5 Å². The second-order valence-electron chi connectivity index (χ2n) is 6.91. The largest absolute Gasteiger partial charge is 0.493 e. The summed E-state index contributed by atoms with van der Waals surface area (Å²) in [4.78, 5) is 12.6. The van der Waals surface area contributed by atoms with Crippen LogP contribution < -0.4 is 14.8 Å². The molecule has 1 N–H and O–H groups in total. The molecular formula is C26H23ClN2O3. The molecule has 0 heterocycles. The lowest BCUT2D eigenvalue weighted by atomic mass is 10.1. The zero-order valence-electron chi connectivity index (χ0n) is 17.7. The second-order valence-corrected chi connectivity index (χ2v) is 7.32. The van der Waals surface area contributed by atoms with Gasteiger partial charge in [0.25, 0.3) is 5.91 Å². The minimum atomic E-state index is -0.498. The average Bonchev–Trinajstić information content (AvgIpc) is 2.82. The van der Waals surface area contributed by atoms with Gasteiger partial charge in [0, 0.05) is 21.8 Å². The minimum Gasteiger partial charge on any atom is -0.493 e. The number of nitrogens with zero attached hydrogens (tertiary/aromatic N) is 1. The minimum absolute atomic E-state index is 0.0170. The molecule has 0 saturated heterocycles. The van der Waals surface area contributed by atoms with Crippen molar-refractivity contribution in [2.75, 3.05) is 11.9 Å². The lowest BCUT2D eigenvalue weighted by molar-refractivity contribution is -0.112. The van der Waals surface area contributed by atoms with E-state index in [4.69, 9.17) is 21.1 Å². The van der Waals surface area contributed by atoms with E-state index in [0.29, 0.717) is 41.0 Å². The van der Waals surface area contributed by atoms with Gasteiger partial charge in [0.15, 0.2) is 0 Å². The number of nitriles is 1. The fourth-order valence-electron chi connectivity index (χ4n) is 2.86. The molecule has 0 radical (unpaired) electrons. The van der Waals surface area contributed by atoms with Crippen LogP contribution in [0.3, 0.4) is 0 Å². The summed E-state index contributed by atoms with van der Waals surface area (Å²) < 4.78 is 11.4. The van der Waals surface area contributed by atoms with Crippen molar-refractivity contribution in [3.8, 4) is 17.6 Å². The predicted molar refractivity (Wildman–Crippen MR) is 127 cm³/mol. The summed E-state index contributed by atoms with van der Waals surface area (Å²) in [7, 11) is 0. The fraction of sp³-hybridized carbons (Fsp3) is 0.154. The van der Waals surface area contributed by atoms with Gasteiger partial charge in [-0.15, -0.1) is 0 Å². The number of carbonyl (C=O) groups is 1. The second kappa shape index (κ2) is 11.6. The molecule has 0 fully saturated rings. The highest BCUT2D eigenvalue weighted by Crippen LogP contribution is 2.23. The van der Waals surface area contributed by atoms with E-state index in [0.717, 1.165) is 12.0 Å². The lowest BCUT2D eigenvalue weighted by Crippen LogP contribution is -2.13. The molecular weight excluding hydrogens is 424 g/mol. The van der Waals surface area contributed by atoms with E-state index >= 15 is 0 Å². The van der Waals surface area contributed by atoms with Crippen molar-refractivity contribution in [3.63, 3.8) is 0 Å². The number of ether oxygens (including phenoxy) is 2. The van der Waals surface area contributed by atoms with Crippen LogP contribution in [-0.2, 0) is 11.4 Å². The van der Waals surface area contributed by atoms with Crippen molar-refractivity contribution in [2.45, 2.75) is 20.0 Å². The van der Waals surface area contributed by atoms with Gasteiger partial charge < -0.3 is 14.8 Å². The Morgan fingerprint density at radius 2 is 1.75 bits per heavy atom. The normalized spacial score (nSPS) is 10.8. The van der Waals surface area contributed by atoms with Gasteiger partial charge in [-0.3, -0.25) is 4.79 Å². The first-order valence-corrected chi connectivity index (χ1v) is 10.6. The average molecular weight is 447 g/mol. The van der Waals surface area contributed by atoms with E-state index in [1.807, 2.05) is 55.5 Å². The Morgan fingerprint density at radius 1 is 1.03 bits per heavy atom. The van der Waals surface area contributed by atoms with Gasteiger partial charge in [0.2, 0.25) is 0 Å². The van der Waals surface area contributed by atoms with E-state index < -0.39 is 5.91 Å². The van der Waals surface area contributed by atoms with Crippen LogP contribution in [0.4, 0.5) is 5.69 Å². The zero-order chi connectivity index (χ0) is 22.8. The lowest BCUT2D eigenvalue weighted by Gasteiger charge is -2.10. The molecule has 0 unspecified atom stereocenters. The Labute approximate surface area is 192 Å². The number of anilines is 1. The molecule has 0 atom stereocenters. The van der Waals surface area contributed by atoms with Crippen LogP contribution in [0.15, 0.2) is 78.4 Å². The van der Waals surface area contributed by atoms with Crippen LogP contribution in [0.5, 0.6) is 11.5 Å².